The standard InChI is InChI=1S/C23H23NO2/c24-23(20-14-8-3-9-15-20)21(19-12-6-2-7-13-19)16-22(25)26-17-18-10-4-1-5-11-18/h1-15,21,23H,16-17,24H2/t21-,23+/m1/s1. The lowest BCUT2D eigenvalue weighted by molar-refractivity contribution is -0.145. The third-order valence-corrected chi connectivity index (χ3v) is 4.47. The Morgan fingerprint density at radius 1 is 0.769 bits per heavy atom. The molecule has 0 fully saturated rings. The first-order chi connectivity index (χ1) is 12.7. The van der Waals surface area contributed by atoms with E-state index < -0.39 is 0 Å². The molecule has 0 aliphatic heterocycles. The molecular weight excluding hydrogens is 322 g/mol. The van der Waals surface area contributed by atoms with Gasteiger partial charge in [0.2, 0.25) is 0 Å². The number of ether oxygens (including phenoxy) is 1. The van der Waals surface area contributed by atoms with E-state index in [0.29, 0.717) is 0 Å². The third-order valence-electron chi connectivity index (χ3n) is 4.47. The highest BCUT2D eigenvalue weighted by Gasteiger charge is 2.25. The molecule has 0 spiro atoms. The van der Waals surface area contributed by atoms with Crippen LogP contribution in [0, 0.1) is 0 Å². The fourth-order valence-corrected chi connectivity index (χ4v) is 3.04. The SMILES string of the molecule is N[C@@H](c1ccccc1)[C@H](CC(=O)OCc1ccccc1)c1ccccc1. The van der Waals surface area contributed by atoms with Crippen LogP contribution in [-0.4, -0.2) is 5.97 Å². The van der Waals surface area contributed by atoms with Gasteiger partial charge in [0.05, 0.1) is 6.42 Å². The third kappa shape index (κ3) is 4.80. The average molecular weight is 345 g/mol. The maximum absolute atomic E-state index is 12.5. The van der Waals surface area contributed by atoms with E-state index in [-0.39, 0.29) is 31.0 Å². The van der Waals surface area contributed by atoms with Crippen molar-refractivity contribution in [1.82, 2.24) is 0 Å². The van der Waals surface area contributed by atoms with Gasteiger partial charge >= 0.3 is 5.97 Å². The van der Waals surface area contributed by atoms with E-state index in [2.05, 4.69) is 0 Å². The molecule has 26 heavy (non-hydrogen) atoms. The van der Waals surface area contributed by atoms with Crippen LogP contribution in [0.3, 0.4) is 0 Å². The molecule has 3 nitrogen and oxygen atoms in total. The van der Waals surface area contributed by atoms with Crippen LogP contribution in [0.15, 0.2) is 91.0 Å². The molecule has 132 valence electrons. The van der Waals surface area contributed by atoms with E-state index in [4.69, 9.17) is 10.5 Å². The summed E-state index contributed by atoms with van der Waals surface area (Å²) in [6, 6.07) is 29.2. The zero-order chi connectivity index (χ0) is 18.2. The second-order valence-electron chi connectivity index (χ2n) is 6.30. The number of esters is 1. The Balaban J connectivity index is 1.72. The predicted molar refractivity (Wildman–Crippen MR) is 103 cm³/mol. The molecule has 0 radical (unpaired) electrons. The van der Waals surface area contributed by atoms with Crippen LogP contribution in [0.4, 0.5) is 0 Å². The van der Waals surface area contributed by atoms with Crippen molar-refractivity contribution in [3.8, 4) is 0 Å². The molecule has 0 saturated heterocycles. The number of nitrogens with two attached hydrogens (primary N) is 1. The van der Waals surface area contributed by atoms with Crippen LogP contribution in [0.1, 0.15) is 35.1 Å². The van der Waals surface area contributed by atoms with Crippen molar-refractivity contribution < 1.29 is 9.53 Å². The molecule has 0 aliphatic carbocycles. The van der Waals surface area contributed by atoms with E-state index >= 15 is 0 Å². The minimum atomic E-state index is -0.275. The van der Waals surface area contributed by atoms with Gasteiger partial charge in [-0.25, -0.2) is 0 Å². The molecule has 0 amide bonds. The van der Waals surface area contributed by atoms with E-state index in [0.717, 1.165) is 16.7 Å². The molecule has 0 aromatic heterocycles. The van der Waals surface area contributed by atoms with Gasteiger partial charge in [-0.2, -0.15) is 0 Å². The second-order valence-corrected chi connectivity index (χ2v) is 6.30. The first-order valence-electron chi connectivity index (χ1n) is 8.79. The van der Waals surface area contributed by atoms with Crippen molar-refractivity contribution in [2.45, 2.75) is 25.0 Å². The number of carbonyl (C=O) groups excluding carboxylic acids is 1. The summed E-state index contributed by atoms with van der Waals surface area (Å²) in [6.07, 6.45) is 0.243. The van der Waals surface area contributed by atoms with Crippen LogP contribution >= 0.6 is 0 Å². The first kappa shape index (κ1) is 17.9. The van der Waals surface area contributed by atoms with Gasteiger partial charge in [-0.15, -0.1) is 0 Å². The molecular formula is C23H23NO2. The summed E-state index contributed by atoms with van der Waals surface area (Å²) in [4.78, 5) is 12.5. The van der Waals surface area contributed by atoms with Gasteiger partial charge in [0.1, 0.15) is 6.61 Å². The molecule has 0 heterocycles. The number of hydrogen-bond donors (Lipinski definition) is 1. The molecule has 0 saturated carbocycles. The second kappa shape index (κ2) is 8.97. The highest BCUT2D eigenvalue weighted by Crippen LogP contribution is 2.32. The van der Waals surface area contributed by atoms with Crippen LogP contribution in [0.2, 0.25) is 0 Å². The molecule has 2 N–H and O–H groups in total. The number of hydrogen-bond acceptors (Lipinski definition) is 3. The smallest absolute Gasteiger partial charge is 0.306 e. The minimum absolute atomic E-state index is 0.137. The largest absolute Gasteiger partial charge is 0.461 e. The van der Waals surface area contributed by atoms with Crippen LogP contribution in [0.5, 0.6) is 0 Å². The van der Waals surface area contributed by atoms with Crippen LogP contribution < -0.4 is 5.73 Å². The summed E-state index contributed by atoms with van der Waals surface area (Å²) < 4.78 is 5.47. The van der Waals surface area contributed by atoms with Gasteiger partial charge in [0.25, 0.3) is 0 Å². The zero-order valence-corrected chi connectivity index (χ0v) is 14.6. The highest BCUT2D eigenvalue weighted by molar-refractivity contribution is 5.71. The van der Waals surface area contributed by atoms with Crippen LogP contribution in [-0.2, 0) is 16.1 Å². The van der Waals surface area contributed by atoms with Crippen molar-refractivity contribution >= 4 is 5.97 Å². The summed E-state index contributed by atoms with van der Waals surface area (Å²) >= 11 is 0. The van der Waals surface area contributed by atoms with Crippen molar-refractivity contribution in [2.24, 2.45) is 5.73 Å². The van der Waals surface area contributed by atoms with Gasteiger partial charge in [-0.1, -0.05) is 91.0 Å². The topological polar surface area (TPSA) is 52.3 Å². The number of benzene rings is 3. The summed E-state index contributed by atoms with van der Waals surface area (Å²) in [5.74, 6) is -0.379. The predicted octanol–water partition coefficient (Wildman–Crippen LogP) is 4.60. The molecule has 3 aromatic rings. The first-order valence-corrected chi connectivity index (χ1v) is 8.79. The molecule has 0 unspecified atom stereocenters. The maximum atomic E-state index is 12.5. The Bertz CT molecular complexity index is 803. The van der Waals surface area contributed by atoms with E-state index in [9.17, 15) is 4.79 Å². The maximum Gasteiger partial charge on any atom is 0.306 e. The van der Waals surface area contributed by atoms with Crippen molar-refractivity contribution in [1.29, 1.82) is 0 Å². The molecule has 2 atom stereocenters. The lowest BCUT2D eigenvalue weighted by Gasteiger charge is -2.24. The minimum Gasteiger partial charge on any atom is -0.461 e. The van der Waals surface area contributed by atoms with E-state index in [1.54, 1.807) is 0 Å². The summed E-state index contributed by atoms with van der Waals surface area (Å²) in [6.45, 7) is 0.280. The fraction of sp³-hybridized carbons (Fsp3) is 0.174. The summed E-state index contributed by atoms with van der Waals surface area (Å²) in [5, 5.41) is 0. The van der Waals surface area contributed by atoms with E-state index in [1.165, 1.54) is 0 Å². The number of carbonyl (C=O) groups is 1. The van der Waals surface area contributed by atoms with Crippen molar-refractivity contribution in [3.63, 3.8) is 0 Å². The summed E-state index contributed by atoms with van der Waals surface area (Å²) in [5.41, 5.74) is 9.55. The number of rotatable bonds is 7. The van der Waals surface area contributed by atoms with Gasteiger partial charge in [0, 0.05) is 12.0 Å². The lowest BCUT2D eigenvalue weighted by atomic mass is 9.85. The molecule has 3 aromatic carbocycles. The quantitative estimate of drug-likeness (QED) is 0.637. The van der Waals surface area contributed by atoms with Gasteiger partial charge in [0.15, 0.2) is 0 Å². The monoisotopic (exact) mass is 345 g/mol. The van der Waals surface area contributed by atoms with Gasteiger partial charge < -0.3 is 10.5 Å². The van der Waals surface area contributed by atoms with Crippen molar-refractivity contribution in [3.05, 3.63) is 108 Å². The van der Waals surface area contributed by atoms with Gasteiger partial charge in [-0.05, 0) is 16.7 Å². The molecule has 3 heteroatoms. The molecule has 3 rings (SSSR count). The summed E-state index contributed by atoms with van der Waals surface area (Å²) in [7, 11) is 0. The van der Waals surface area contributed by atoms with Crippen LogP contribution in [0.25, 0.3) is 0 Å². The normalized spacial score (nSPS) is 13.0. The Labute approximate surface area is 154 Å². The Morgan fingerprint density at radius 3 is 1.85 bits per heavy atom. The Kier molecular flexibility index (Phi) is 6.18. The average Bonchev–Trinajstić information content (AvgIpc) is 2.72. The zero-order valence-electron chi connectivity index (χ0n) is 14.6. The molecule has 0 aliphatic rings. The fourth-order valence-electron chi connectivity index (χ4n) is 3.04. The molecule has 0 bridgehead atoms. The van der Waals surface area contributed by atoms with Gasteiger partial charge in [-0.3, -0.25) is 4.79 Å². The Morgan fingerprint density at radius 2 is 1.27 bits per heavy atom. The highest BCUT2D eigenvalue weighted by atomic mass is 16.5. The lowest BCUT2D eigenvalue weighted by Crippen LogP contribution is -2.23. The Hall–Kier alpha value is -2.91. The van der Waals surface area contributed by atoms with E-state index in [1.807, 2.05) is 91.0 Å². The van der Waals surface area contributed by atoms with Crippen molar-refractivity contribution in [2.75, 3.05) is 0 Å².